The lowest BCUT2D eigenvalue weighted by Gasteiger charge is -2.58. The monoisotopic (exact) mass is 234 g/mol. The average molecular weight is 234 g/mol. The topological polar surface area (TPSA) is 43.4 Å². The van der Waals surface area contributed by atoms with Gasteiger partial charge in [0.15, 0.2) is 0 Å². The molecule has 3 nitrogen and oxygen atoms in total. The van der Waals surface area contributed by atoms with Gasteiger partial charge in [0, 0.05) is 11.3 Å². The van der Waals surface area contributed by atoms with Gasteiger partial charge in [0.1, 0.15) is 5.78 Å². The maximum Gasteiger partial charge on any atom is 0.309 e. The van der Waals surface area contributed by atoms with Gasteiger partial charge in [-0.15, -0.1) is 0 Å². The van der Waals surface area contributed by atoms with E-state index in [0.717, 1.165) is 6.42 Å². The Balaban J connectivity index is 1.84. The second-order valence-electron chi connectivity index (χ2n) is 6.68. The standard InChI is InChI=1S/C14H18O3/c1-5-8-6-4-7-10(8)14(2,12(5)15)11(7)9(6)13(16)17-3/h5-11H,4H2,1-3H3/t5-,6+,7-,8+,9-,10-,11+,14+/m1/s1. The maximum atomic E-state index is 12.4. The van der Waals surface area contributed by atoms with E-state index in [0.29, 0.717) is 35.4 Å². The predicted molar refractivity (Wildman–Crippen MR) is 59.9 cm³/mol. The van der Waals surface area contributed by atoms with Crippen LogP contribution in [0, 0.1) is 46.8 Å². The molecule has 4 aliphatic carbocycles. The number of Topliss-reactive ketones (excluding diaryl/α,β-unsaturated/α-hetero) is 1. The van der Waals surface area contributed by atoms with Crippen molar-refractivity contribution in [2.24, 2.45) is 46.8 Å². The molecule has 92 valence electrons. The lowest BCUT2D eigenvalue weighted by Crippen LogP contribution is -2.60. The fourth-order valence-electron chi connectivity index (χ4n) is 6.36. The van der Waals surface area contributed by atoms with Crippen LogP contribution in [0.4, 0.5) is 0 Å². The molecule has 17 heavy (non-hydrogen) atoms. The highest BCUT2D eigenvalue weighted by atomic mass is 16.5. The molecule has 0 aromatic carbocycles. The summed E-state index contributed by atoms with van der Waals surface area (Å²) >= 11 is 0. The van der Waals surface area contributed by atoms with Gasteiger partial charge in [-0.05, 0) is 36.0 Å². The van der Waals surface area contributed by atoms with Gasteiger partial charge in [-0.1, -0.05) is 13.8 Å². The van der Waals surface area contributed by atoms with Crippen molar-refractivity contribution in [3.8, 4) is 0 Å². The molecule has 0 spiro atoms. The van der Waals surface area contributed by atoms with Crippen molar-refractivity contribution < 1.29 is 14.3 Å². The summed E-state index contributed by atoms with van der Waals surface area (Å²) in [6.45, 7) is 4.18. The van der Waals surface area contributed by atoms with Crippen molar-refractivity contribution in [3.05, 3.63) is 0 Å². The lowest BCUT2D eigenvalue weighted by atomic mass is 9.44. The van der Waals surface area contributed by atoms with Gasteiger partial charge in [-0.2, -0.15) is 0 Å². The van der Waals surface area contributed by atoms with E-state index >= 15 is 0 Å². The van der Waals surface area contributed by atoms with Gasteiger partial charge in [0.2, 0.25) is 0 Å². The molecule has 4 fully saturated rings. The molecule has 0 amide bonds. The highest BCUT2D eigenvalue weighted by molar-refractivity contribution is 5.94. The number of hydrogen-bond donors (Lipinski definition) is 0. The number of rotatable bonds is 1. The van der Waals surface area contributed by atoms with Crippen LogP contribution in [-0.2, 0) is 14.3 Å². The highest BCUT2D eigenvalue weighted by Gasteiger charge is 2.83. The Labute approximate surface area is 101 Å². The summed E-state index contributed by atoms with van der Waals surface area (Å²) in [7, 11) is 1.47. The predicted octanol–water partition coefficient (Wildman–Crippen LogP) is 1.51. The van der Waals surface area contributed by atoms with E-state index in [1.54, 1.807) is 0 Å². The maximum absolute atomic E-state index is 12.4. The number of fused-ring (bicyclic) bond motifs is 3. The molecule has 0 aromatic heterocycles. The minimum Gasteiger partial charge on any atom is -0.469 e. The fourth-order valence-corrected chi connectivity index (χ4v) is 6.36. The number of carbonyl (C=O) groups is 2. The van der Waals surface area contributed by atoms with Gasteiger partial charge in [-0.25, -0.2) is 0 Å². The van der Waals surface area contributed by atoms with Crippen LogP contribution in [0.1, 0.15) is 20.3 Å². The minimum atomic E-state index is -0.194. The molecule has 2 bridgehead atoms. The molecule has 4 saturated carbocycles. The molecular formula is C14H18O3. The smallest absolute Gasteiger partial charge is 0.309 e. The zero-order chi connectivity index (χ0) is 12.1. The van der Waals surface area contributed by atoms with E-state index in [4.69, 9.17) is 4.74 Å². The van der Waals surface area contributed by atoms with Crippen LogP contribution in [0.2, 0.25) is 0 Å². The van der Waals surface area contributed by atoms with Crippen LogP contribution >= 0.6 is 0 Å². The van der Waals surface area contributed by atoms with Crippen molar-refractivity contribution in [3.63, 3.8) is 0 Å². The summed E-state index contributed by atoms with van der Waals surface area (Å²) < 4.78 is 4.97. The first-order valence-corrected chi connectivity index (χ1v) is 6.65. The third-order valence-electron chi connectivity index (χ3n) is 6.60. The largest absolute Gasteiger partial charge is 0.469 e. The van der Waals surface area contributed by atoms with Crippen LogP contribution in [0.15, 0.2) is 0 Å². The Hall–Kier alpha value is -0.860. The summed E-state index contributed by atoms with van der Waals surface area (Å²) in [6, 6.07) is 0. The molecule has 0 aliphatic heterocycles. The number of hydrogen-bond acceptors (Lipinski definition) is 3. The quantitative estimate of drug-likeness (QED) is 0.646. The zero-order valence-electron chi connectivity index (χ0n) is 10.5. The van der Waals surface area contributed by atoms with Crippen molar-refractivity contribution in [1.29, 1.82) is 0 Å². The van der Waals surface area contributed by atoms with E-state index in [1.165, 1.54) is 7.11 Å². The fraction of sp³-hybridized carbons (Fsp3) is 0.857. The minimum absolute atomic E-state index is 0.0129. The molecule has 0 heterocycles. The van der Waals surface area contributed by atoms with Crippen molar-refractivity contribution in [2.45, 2.75) is 20.3 Å². The first-order chi connectivity index (χ1) is 8.03. The second kappa shape index (κ2) is 2.60. The zero-order valence-corrected chi connectivity index (χ0v) is 10.5. The Morgan fingerprint density at radius 2 is 2.06 bits per heavy atom. The van der Waals surface area contributed by atoms with Crippen LogP contribution in [0.5, 0.6) is 0 Å². The van der Waals surface area contributed by atoms with Gasteiger partial charge >= 0.3 is 5.97 Å². The summed E-state index contributed by atoms with van der Waals surface area (Å²) in [5.41, 5.74) is -0.194. The number of ketones is 1. The highest BCUT2D eigenvalue weighted by Crippen LogP contribution is 2.81. The number of methoxy groups -OCH3 is 1. The summed E-state index contributed by atoms with van der Waals surface area (Å²) in [5.74, 6) is 2.93. The normalized spacial score (nSPS) is 61.6. The van der Waals surface area contributed by atoms with Crippen LogP contribution < -0.4 is 0 Å². The van der Waals surface area contributed by atoms with E-state index in [2.05, 4.69) is 13.8 Å². The first-order valence-electron chi connectivity index (χ1n) is 6.65. The van der Waals surface area contributed by atoms with Gasteiger partial charge in [-0.3, -0.25) is 9.59 Å². The molecule has 4 rings (SSSR count). The number of ether oxygens (including phenoxy) is 1. The van der Waals surface area contributed by atoms with Crippen LogP contribution in [0.3, 0.4) is 0 Å². The first kappa shape index (κ1) is 10.1. The third kappa shape index (κ3) is 0.747. The van der Waals surface area contributed by atoms with Crippen LogP contribution in [-0.4, -0.2) is 18.9 Å². The molecule has 0 N–H and O–H groups in total. The third-order valence-corrected chi connectivity index (χ3v) is 6.60. The number of esters is 1. The van der Waals surface area contributed by atoms with Gasteiger partial charge < -0.3 is 4.74 Å². The van der Waals surface area contributed by atoms with E-state index < -0.39 is 0 Å². The molecule has 8 atom stereocenters. The van der Waals surface area contributed by atoms with E-state index in [9.17, 15) is 9.59 Å². The van der Waals surface area contributed by atoms with E-state index in [1.807, 2.05) is 0 Å². The van der Waals surface area contributed by atoms with Gasteiger partial charge in [0.05, 0.1) is 13.0 Å². The Morgan fingerprint density at radius 3 is 2.71 bits per heavy atom. The molecule has 0 saturated heterocycles. The molecular weight excluding hydrogens is 216 g/mol. The van der Waals surface area contributed by atoms with E-state index in [-0.39, 0.29) is 23.2 Å². The lowest BCUT2D eigenvalue weighted by molar-refractivity contribution is -0.176. The summed E-state index contributed by atoms with van der Waals surface area (Å²) in [6.07, 6.45) is 1.16. The molecule has 0 aromatic rings. The SMILES string of the molecule is COC(=O)[C@@H]1[C@H]2C[C@@H]3[C@@H]4[C@H]2[C@@H](C)C(=O)[C@]4(C)[C@@H]31. The average Bonchev–Trinajstić information content (AvgIpc) is 2.89. The number of carbonyl (C=O) groups excluding carboxylic acids is 2. The van der Waals surface area contributed by atoms with Crippen molar-refractivity contribution >= 4 is 11.8 Å². The second-order valence-corrected chi connectivity index (χ2v) is 6.68. The molecule has 3 heteroatoms. The summed E-state index contributed by atoms with van der Waals surface area (Å²) in [5, 5.41) is 0. The molecule has 0 unspecified atom stereocenters. The van der Waals surface area contributed by atoms with Crippen LogP contribution in [0.25, 0.3) is 0 Å². The molecule has 4 aliphatic rings. The molecule has 0 radical (unpaired) electrons. The Bertz CT molecular complexity index is 443. The van der Waals surface area contributed by atoms with Gasteiger partial charge in [0.25, 0.3) is 0 Å². The Kier molecular flexibility index (Phi) is 1.54. The van der Waals surface area contributed by atoms with Crippen molar-refractivity contribution in [2.75, 3.05) is 7.11 Å². The Morgan fingerprint density at radius 1 is 1.35 bits per heavy atom. The van der Waals surface area contributed by atoms with Crippen molar-refractivity contribution in [1.82, 2.24) is 0 Å². The summed E-state index contributed by atoms with van der Waals surface area (Å²) in [4.78, 5) is 24.4.